The van der Waals surface area contributed by atoms with Crippen LogP contribution in [-0.4, -0.2) is 42.8 Å². The smallest absolute Gasteiger partial charge is 0.118 e. The minimum atomic E-state index is 0.549. The predicted octanol–water partition coefficient (Wildman–Crippen LogP) is 5.11. The van der Waals surface area contributed by atoms with Gasteiger partial charge in [-0.25, -0.2) is 4.98 Å². The first-order valence-electron chi connectivity index (χ1n) is 12.7. The van der Waals surface area contributed by atoms with Crippen LogP contribution in [0.2, 0.25) is 0 Å². The Morgan fingerprint density at radius 1 is 1.06 bits per heavy atom. The highest BCUT2D eigenvalue weighted by atomic mass is 16.5. The highest BCUT2D eigenvalue weighted by Gasteiger charge is 2.41. The number of hydrogen-bond acceptors (Lipinski definition) is 4. The Hall–Kier alpha value is -2.53. The van der Waals surface area contributed by atoms with Gasteiger partial charge < -0.3 is 19.5 Å². The van der Waals surface area contributed by atoms with Crippen molar-refractivity contribution < 1.29 is 4.74 Å². The minimum Gasteiger partial charge on any atom is -0.497 e. The van der Waals surface area contributed by atoms with Crippen LogP contribution >= 0.6 is 0 Å². The van der Waals surface area contributed by atoms with Gasteiger partial charge in [0.05, 0.1) is 18.1 Å². The Labute approximate surface area is 197 Å². The van der Waals surface area contributed by atoms with Gasteiger partial charge in [0.1, 0.15) is 11.6 Å². The van der Waals surface area contributed by atoms with E-state index >= 15 is 0 Å². The SMILES string of the molecule is COc1ccc(Cc2nc3c4c(ccc3n2C2CCC3(CC2)CNC3)N(C)C(C)CC4)cc1. The standard InChI is InChI=1S/C28H36N4O/c1-19-4-9-23-24(31(19)2)10-11-25-27(23)30-26(16-20-5-7-22(33-3)8-6-20)32(25)21-12-14-28(15-13-21)17-29-18-28/h5-8,10-11,19,21,29H,4,9,12-18H2,1-3H3. The molecule has 1 unspecified atom stereocenters. The van der Waals surface area contributed by atoms with Gasteiger partial charge in [-0.2, -0.15) is 0 Å². The van der Waals surface area contributed by atoms with E-state index in [1.165, 1.54) is 78.9 Å². The number of imidazole rings is 1. The van der Waals surface area contributed by atoms with Crippen molar-refractivity contribution in [2.75, 3.05) is 32.1 Å². The van der Waals surface area contributed by atoms with Crippen molar-refractivity contribution in [1.82, 2.24) is 14.9 Å². The van der Waals surface area contributed by atoms with Crippen LogP contribution in [0.3, 0.4) is 0 Å². The lowest BCUT2D eigenvalue weighted by molar-refractivity contribution is 0.0845. The number of nitrogens with zero attached hydrogens (tertiary/aromatic N) is 3. The maximum atomic E-state index is 5.37. The Bertz CT molecular complexity index is 1150. The van der Waals surface area contributed by atoms with Crippen LogP contribution in [0.25, 0.3) is 11.0 Å². The van der Waals surface area contributed by atoms with Gasteiger partial charge in [0, 0.05) is 49.9 Å². The van der Waals surface area contributed by atoms with Crippen LogP contribution in [0, 0.1) is 5.41 Å². The monoisotopic (exact) mass is 444 g/mol. The maximum absolute atomic E-state index is 5.37. The number of benzene rings is 2. The van der Waals surface area contributed by atoms with E-state index < -0.39 is 0 Å². The number of hydrogen-bond donors (Lipinski definition) is 1. The van der Waals surface area contributed by atoms with Crippen molar-refractivity contribution in [3.63, 3.8) is 0 Å². The summed E-state index contributed by atoms with van der Waals surface area (Å²) in [4.78, 5) is 7.80. The van der Waals surface area contributed by atoms with Crippen molar-refractivity contribution in [2.45, 2.75) is 64.0 Å². The number of methoxy groups -OCH3 is 1. The summed E-state index contributed by atoms with van der Waals surface area (Å²) in [7, 11) is 3.96. The molecule has 5 nitrogen and oxygen atoms in total. The number of aryl methyl sites for hydroxylation is 1. The number of aromatic nitrogens is 2. The Balaban J connectivity index is 1.42. The lowest BCUT2D eigenvalue weighted by Gasteiger charge is -2.47. The maximum Gasteiger partial charge on any atom is 0.118 e. The first-order chi connectivity index (χ1) is 16.1. The van der Waals surface area contributed by atoms with Gasteiger partial charge in [-0.3, -0.25) is 0 Å². The number of rotatable bonds is 4. The summed E-state index contributed by atoms with van der Waals surface area (Å²) in [5.41, 5.74) is 7.25. The fraction of sp³-hybridized carbons (Fsp3) is 0.536. The number of anilines is 1. The summed E-state index contributed by atoms with van der Waals surface area (Å²) >= 11 is 0. The lowest BCUT2D eigenvalue weighted by atomic mass is 9.68. The van der Waals surface area contributed by atoms with Gasteiger partial charge in [-0.15, -0.1) is 0 Å². The number of nitrogens with one attached hydrogen (secondary N) is 1. The van der Waals surface area contributed by atoms with Crippen LogP contribution in [0.15, 0.2) is 36.4 Å². The van der Waals surface area contributed by atoms with Gasteiger partial charge in [-0.1, -0.05) is 12.1 Å². The summed E-state index contributed by atoms with van der Waals surface area (Å²) in [6.45, 7) is 4.75. The van der Waals surface area contributed by atoms with E-state index in [0.717, 1.165) is 18.6 Å². The Kier molecular flexibility index (Phi) is 5.13. The Morgan fingerprint density at radius 3 is 2.48 bits per heavy atom. The zero-order valence-electron chi connectivity index (χ0n) is 20.2. The van der Waals surface area contributed by atoms with Crippen molar-refractivity contribution >= 4 is 16.7 Å². The average Bonchev–Trinajstić information content (AvgIpc) is 3.19. The second-order valence-corrected chi connectivity index (χ2v) is 10.7. The molecule has 1 saturated carbocycles. The molecule has 1 spiro atoms. The third-order valence-corrected chi connectivity index (χ3v) is 8.77. The fourth-order valence-electron chi connectivity index (χ4n) is 6.38. The third-order valence-electron chi connectivity index (χ3n) is 8.77. The molecule has 1 aromatic heterocycles. The van der Waals surface area contributed by atoms with E-state index in [-0.39, 0.29) is 0 Å². The van der Waals surface area contributed by atoms with Crippen LogP contribution in [-0.2, 0) is 12.8 Å². The normalized spacial score (nSPS) is 22.4. The zero-order valence-corrected chi connectivity index (χ0v) is 20.2. The average molecular weight is 445 g/mol. The molecule has 3 aliphatic rings. The second-order valence-electron chi connectivity index (χ2n) is 10.7. The molecular formula is C28H36N4O. The summed E-state index contributed by atoms with van der Waals surface area (Å²) in [5.74, 6) is 2.13. The summed E-state index contributed by atoms with van der Waals surface area (Å²) in [5, 5.41) is 3.51. The van der Waals surface area contributed by atoms with Crippen LogP contribution < -0.4 is 15.0 Å². The molecule has 3 heterocycles. The molecule has 0 bridgehead atoms. The van der Waals surface area contributed by atoms with Crippen molar-refractivity contribution in [1.29, 1.82) is 0 Å². The van der Waals surface area contributed by atoms with Crippen LogP contribution in [0.5, 0.6) is 5.75 Å². The minimum absolute atomic E-state index is 0.549. The largest absolute Gasteiger partial charge is 0.497 e. The molecule has 6 rings (SSSR count). The van der Waals surface area contributed by atoms with E-state index in [4.69, 9.17) is 9.72 Å². The number of ether oxygens (including phenoxy) is 1. The number of fused-ring (bicyclic) bond motifs is 3. The Morgan fingerprint density at radius 2 is 1.82 bits per heavy atom. The second kappa shape index (κ2) is 8.05. The fourth-order valence-corrected chi connectivity index (χ4v) is 6.38. The molecule has 2 fully saturated rings. The molecule has 0 radical (unpaired) electrons. The van der Waals surface area contributed by atoms with Gasteiger partial charge in [0.15, 0.2) is 0 Å². The molecule has 174 valence electrons. The quantitative estimate of drug-likeness (QED) is 0.607. The van der Waals surface area contributed by atoms with Gasteiger partial charge in [0.2, 0.25) is 0 Å². The van der Waals surface area contributed by atoms with Gasteiger partial charge >= 0.3 is 0 Å². The van der Waals surface area contributed by atoms with E-state index in [1.54, 1.807) is 7.11 Å². The van der Waals surface area contributed by atoms with Crippen molar-refractivity contribution in [2.24, 2.45) is 5.41 Å². The van der Waals surface area contributed by atoms with Gasteiger partial charge in [0.25, 0.3) is 0 Å². The molecule has 2 aliphatic heterocycles. The molecule has 0 amide bonds. The molecule has 1 aliphatic carbocycles. The highest BCUT2D eigenvalue weighted by Crippen LogP contribution is 2.45. The van der Waals surface area contributed by atoms with E-state index in [1.807, 2.05) is 0 Å². The first-order valence-corrected chi connectivity index (χ1v) is 12.7. The molecule has 33 heavy (non-hydrogen) atoms. The first kappa shape index (κ1) is 21.0. The molecule has 3 aromatic rings. The molecule has 1 saturated heterocycles. The molecule has 1 atom stereocenters. The summed E-state index contributed by atoms with van der Waals surface area (Å²) in [6.07, 6.45) is 8.37. The van der Waals surface area contributed by atoms with Gasteiger partial charge in [-0.05, 0) is 80.7 Å². The van der Waals surface area contributed by atoms with Crippen molar-refractivity contribution in [3.05, 3.63) is 53.3 Å². The molecular weight excluding hydrogens is 408 g/mol. The van der Waals surface area contributed by atoms with E-state index in [0.29, 0.717) is 17.5 Å². The topological polar surface area (TPSA) is 42.3 Å². The summed E-state index contributed by atoms with van der Waals surface area (Å²) in [6, 6.07) is 14.3. The zero-order chi connectivity index (χ0) is 22.6. The van der Waals surface area contributed by atoms with Crippen molar-refractivity contribution in [3.8, 4) is 5.75 Å². The van der Waals surface area contributed by atoms with E-state index in [9.17, 15) is 0 Å². The lowest BCUT2D eigenvalue weighted by Crippen LogP contribution is -2.54. The van der Waals surface area contributed by atoms with E-state index in [2.05, 4.69) is 65.2 Å². The summed E-state index contributed by atoms with van der Waals surface area (Å²) < 4.78 is 7.99. The molecule has 1 N–H and O–H groups in total. The third kappa shape index (κ3) is 3.52. The predicted molar refractivity (Wildman–Crippen MR) is 135 cm³/mol. The van der Waals surface area contributed by atoms with Crippen LogP contribution in [0.4, 0.5) is 5.69 Å². The molecule has 5 heteroatoms. The molecule has 2 aromatic carbocycles. The van der Waals surface area contributed by atoms with Crippen LogP contribution in [0.1, 0.15) is 62.0 Å². The highest BCUT2D eigenvalue weighted by molar-refractivity contribution is 5.86.